The molecule has 10 nitrogen and oxygen atoms in total. The molecule has 1 amide bonds. The molecule has 2 aromatic rings. The van der Waals surface area contributed by atoms with Crippen LogP contribution in [0, 0.1) is 15.9 Å². The second-order valence-corrected chi connectivity index (χ2v) is 7.92. The number of methoxy groups -OCH3 is 1. The summed E-state index contributed by atoms with van der Waals surface area (Å²) >= 11 is 0. The molecule has 0 aliphatic rings. The Labute approximate surface area is 172 Å². The molecule has 162 valence electrons. The Bertz CT molecular complexity index is 1010. The van der Waals surface area contributed by atoms with Gasteiger partial charge in [0.05, 0.1) is 16.4 Å². The van der Waals surface area contributed by atoms with Gasteiger partial charge >= 0.3 is 5.69 Å². The second-order valence-electron chi connectivity index (χ2n) is 6.21. The number of nitrogens with zero attached hydrogens (tertiary/aromatic N) is 1. The van der Waals surface area contributed by atoms with Gasteiger partial charge in [-0.1, -0.05) is 0 Å². The lowest BCUT2D eigenvalue weighted by Crippen LogP contribution is -2.35. The smallest absolute Gasteiger partial charge is 0.305 e. The number of halogens is 1. The van der Waals surface area contributed by atoms with Gasteiger partial charge in [-0.25, -0.2) is 13.1 Å². The molecule has 1 atom stereocenters. The number of benzene rings is 2. The van der Waals surface area contributed by atoms with Crippen LogP contribution in [0.1, 0.15) is 6.92 Å². The predicted octanol–water partition coefficient (Wildman–Crippen LogP) is 2.06. The average molecular weight is 441 g/mol. The molecule has 12 heteroatoms. The van der Waals surface area contributed by atoms with Crippen molar-refractivity contribution in [3.63, 3.8) is 0 Å². The normalized spacial score (nSPS) is 12.2. The van der Waals surface area contributed by atoms with E-state index in [9.17, 15) is 27.7 Å². The van der Waals surface area contributed by atoms with Gasteiger partial charge in [0, 0.05) is 31.0 Å². The number of carbonyl (C=O) groups is 1. The van der Waals surface area contributed by atoms with Crippen LogP contribution in [0.4, 0.5) is 15.8 Å². The summed E-state index contributed by atoms with van der Waals surface area (Å²) in [5.41, 5.74) is -0.379. The van der Waals surface area contributed by atoms with Crippen molar-refractivity contribution in [3.05, 3.63) is 58.4 Å². The minimum absolute atomic E-state index is 0.0149. The van der Waals surface area contributed by atoms with Gasteiger partial charge in [0.2, 0.25) is 15.8 Å². The predicted molar refractivity (Wildman–Crippen MR) is 105 cm³/mol. The molecule has 2 aromatic carbocycles. The minimum atomic E-state index is -3.74. The minimum Gasteiger partial charge on any atom is -0.484 e. The SMILES string of the molecule is COCC(C)NS(=O)(=O)c1ccc(NC(=O)COc2ccc([N+](=O)[O-])c(F)c2)cc1. The Kier molecular flexibility index (Phi) is 7.80. The van der Waals surface area contributed by atoms with E-state index in [2.05, 4.69) is 10.0 Å². The Balaban J connectivity index is 1.93. The number of rotatable bonds is 10. The van der Waals surface area contributed by atoms with Gasteiger partial charge in [-0.3, -0.25) is 14.9 Å². The van der Waals surface area contributed by atoms with Crippen molar-refractivity contribution in [2.75, 3.05) is 25.6 Å². The third kappa shape index (κ3) is 6.47. The van der Waals surface area contributed by atoms with Gasteiger partial charge < -0.3 is 14.8 Å². The molecule has 1 unspecified atom stereocenters. The van der Waals surface area contributed by atoms with Gasteiger partial charge in [-0.05, 0) is 37.3 Å². The molecular formula is C18H20FN3O7S. The fraction of sp³-hybridized carbons (Fsp3) is 0.278. The molecule has 2 N–H and O–H groups in total. The fourth-order valence-corrected chi connectivity index (χ4v) is 3.63. The maximum atomic E-state index is 13.5. The molecule has 0 heterocycles. The first-order valence-electron chi connectivity index (χ1n) is 8.60. The van der Waals surface area contributed by atoms with Crippen LogP contribution in [-0.4, -0.2) is 45.6 Å². The largest absolute Gasteiger partial charge is 0.484 e. The number of hydrogen-bond acceptors (Lipinski definition) is 7. The lowest BCUT2D eigenvalue weighted by atomic mass is 10.3. The van der Waals surface area contributed by atoms with Crippen molar-refractivity contribution in [3.8, 4) is 5.75 Å². The Hall–Kier alpha value is -3.09. The van der Waals surface area contributed by atoms with Crippen LogP contribution in [0.3, 0.4) is 0 Å². The lowest BCUT2D eigenvalue weighted by Gasteiger charge is -2.13. The first kappa shape index (κ1) is 23.2. The van der Waals surface area contributed by atoms with Crippen LogP contribution < -0.4 is 14.8 Å². The van der Waals surface area contributed by atoms with Crippen molar-refractivity contribution in [2.45, 2.75) is 17.9 Å². The van der Waals surface area contributed by atoms with Crippen molar-refractivity contribution in [1.29, 1.82) is 0 Å². The maximum absolute atomic E-state index is 13.5. The Morgan fingerprint density at radius 3 is 2.47 bits per heavy atom. The first-order chi connectivity index (χ1) is 14.1. The Morgan fingerprint density at radius 2 is 1.90 bits per heavy atom. The van der Waals surface area contributed by atoms with Crippen molar-refractivity contribution in [1.82, 2.24) is 4.72 Å². The molecule has 0 saturated carbocycles. The molecule has 0 aromatic heterocycles. The molecule has 0 bridgehead atoms. The number of sulfonamides is 1. The van der Waals surface area contributed by atoms with Gasteiger partial charge in [0.1, 0.15) is 5.75 Å². The van der Waals surface area contributed by atoms with Gasteiger partial charge in [-0.2, -0.15) is 4.39 Å². The van der Waals surface area contributed by atoms with Crippen LogP contribution in [0.15, 0.2) is 47.4 Å². The number of nitro benzene ring substituents is 1. The van der Waals surface area contributed by atoms with Crippen molar-refractivity contribution < 1.29 is 32.0 Å². The molecular weight excluding hydrogens is 421 g/mol. The van der Waals surface area contributed by atoms with Crippen LogP contribution >= 0.6 is 0 Å². The van der Waals surface area contributed by atoms with E-state index < -0.39 is 45.0 Å². The van der Waals surface area contributed by atoms with E-state index in [4.69, 9.17) is 9.47 Å². The summed E-state index contributed by atoms with van der Waals surface area (Å²) < 4.78 is 50.5. The highest BCUT2D eigenvalue weighted by Gasteiger charge is 2.18. The average Bonchev–Trinajstić information content (AvgIpc) is 2.66. The molecule has 0 saturated heterocycles. The summed E-state index contributed by atoms with van der Waals surface area (Å²) in [6.07, 6.45) is 0. The van der Waals surface area contributed by atoms with Crippen molar-refractivity contribution >= 4 is 27.3 Å². The van der Waals surface area contributed by atoms with E-state index in [0.29, 0.717) is 5.69 Å². The number of nitro groups is 1. The molecule has 0 fully saturated rings. The zero-order valence-corrected chi connectivity index (χ0v) is 16.9. The van der Waals surface area contributed by atoms with E-state index in [0.717, 1.165) is 12.1 Å². The summed E-state index contributed by atoms with van der Waals surface area (Å²) in [7, 11) is -2.28. The molecule has 0 spiro atoms. The molecule has 30 heavy (non-hydrogen) atoms. The fourth-order valence-electron chi connectivity index (χ4n) is 2.41. The summed E-state index contributed by atoms with van der Waals surface area (Å²) in [5, 5.41) is 13.1. The standard InChI is InChI=1S/C18H20FN3O7S/c1-12(10-28-2)21-30(26,27)15-6-3-13(4-7-15)20-18(23)11-29-14-5-8-17(22(24)25)16(19)9-14/h3-9,12,21H,10-11H2,1-2H3,(H,20,23). The quantitative estimate of drug-likeness (QED) is 0.425. The molecule has 0 aliphatic carbocycles. The maximum Gasteiger partial charge on any atom is 0.305 e. The summed E-state index contributed by atoms with van der Waals surface area (Å²) in [4.78, 5) is 21.7. The van der Waals surface area contributed by atoms with Gasteiger partial charge in [-0.15, -0.1) is 0 Å². The van der Waals surface area contributed by atoms with Crippen LogP contribution in [0.5, 0.6) is 5.75 Å². The second kappa shape index (κ2) is 10.1. The third-order valence-electron chi connectivity index (χ3n) is 3.71. The number of nitrogens with one attached hydrogen (secondary N) is 2. The Morgan fingerprint density at radius 1 is 1.23 bits per heavy atom. The van der Waals surface area contributed by atoms with Crippen molar-refractivity contribution in [2.24, 2.45) is 0 Å². The van der Waals surface area contributed by atoms with Gasteiger partial charge in [0.25, 0.3) is 5.91 Å². The van der Waals surface area contributed by atoms with Gasteiger partial charge in [0.15, 0.2) is 6.61 Å². The van der Waals surface area contributed by atoms with Crippen LogP contribution in [0.2, 0.25) is 0 Å². The number of anilines is 1. The molecule has 2 rings (SSSR count). The van der Waals surface area contributed by atoms with E-state index in [-0.39, 0.29) is 17.3 Å². The van der Waals surface area contributed by atoms with Crippen LogP contribution in [0.25, 0.3) is 0 Å². The van der Waals surface area contributed by atoms with E-state index >= 15 is 0 Å². The monoisotopic (exact) mass is 441 g/mol. The third-order valence-corrected chi connectivity index (χ3v) is 5.31. The molecule has 0 aliphatic heterocycles. The van der Waals surface area contributed by atoms with E-state index in [1.165, 1.54) is 37.4 Å². The zero-order chi connectivity index (χ0) is 22.3. The van der Waals surface area contributed by atoms with Crippen LogP contribution in [-0.2, 0) is 19.6 Å². The highest BCUT2D eigenvalue weighted by atomic mass is 32.2. The zero-order valence-electron chi connectivity index (χ0n) is 16.1. The highest BCUT2D eigenvalue weighted by molar-refractivity contribution is 7.89. The summed E-state index contributed by atoms with van der Waals surface area (Å²) in [6.45, 7) is 1.39. The summed E-state index contributed by atoms with van der Waals surface area (Å²) in [5.74, 6) is -1.72. The van der Waals surface area contributed by atoms with E-state index in [1.54, 1.807) is 6.92 Å². The summed E-state index contributed by atoms with van der Waals surface area (Å²) in [6, 6.07) is 7.95. The van der Waals surface area contributed by atoms with E-state index in [1.807, 2.05) is 0 Å². The highest BCUT2D eigenvalue weighted by Crippen LogP contribution is 2.22. The lowest BCUT2D eigenvalue weighted by molar-refractivity contribution is -0.387. The molecule has 0 radical (unpaired) electrons. The first-order valence-corrected chi connectivity index (χ1v) is 10.1. The number of carbonyl (C=O) groups excluding carboxylic acids is 1. The topological polar surface area (TPSA) is 137 Å². The number of hydrogen-bond donors (Lipinski definition) is 2. The number of amides is 1. The number of ether oxygens (including phenoxy) is 2.